The largest absolute Gasteiger partial charge is 0.399 e. The van der Waals surface area contributed by atoms with Crippen molar-refractivity contribution >= 4 is 23.2 Å². The lowest BCUT2D eigenvalue weighted by Crippen LogP contribution is -2.37. The van der Waals surface area contributed by atoms with E-state index in [4.69, 9.17) is 17.3 Å². The molecule has 0 bridgehead atoms. The van der Waals surface area contributed by atoms with Crippen molar-refractivity contribution < 1.29 is 13.6 Å². The Morgan fingerprint density at radius 2 is 2.05 bits per heavy atom. The van der Waals surface area contributed by atoms with Gasteiger partial charge in [-0.3, -0.25) is 4.79 Å². The summed E-state index contributed by atoms with van der Waals surface area (Å²) in [5, 5.41) is 0.541. The topological polar surface area (TPSA) is 46.3 Å². The zero-order valence-corrected chi connectivity index (χ0v) is 12.7. The first-order valence-corrected chi connectivity index (χ1v) is 7.33. The zero-order valence-electron chi connectivity index (χ0n) is 11.9. The Bertz CT molecular complexity index is 526. The van der Waals surface area contributed by atoms with Crippen molar-refractivity contribution in [2.24, 2.45) is 5.92 Å². The standard InChI is InChI=1S/C15H19ClF2N2O/c1-20(9-11-8-12(19)2-3-13(11)16)14(21)10-4-6-15(17,18)7-5-10/h2-3,8,10H,4-7,9,19H2,1H3. The molecule has 1 amide bonds. The van der Waals surface area contributed by atoms with E-state index in [-0.39, 0.29) is 37.5 Å². The molecule has 1 aliphatic rings. The number of hydrogen-bond donors (Lipinski definition) is 1. The molecule has 0 heterocycles. The molecule has 1 aromatic rings. The van der Waals surface area contributed by atoms with Gasteiger partial charge in [-0.2, -0.15) is 0 Å². The van der Waals surface area contributed by atoms with E-state index in [1.54, 1.807) is 25.2 Å². The fourth-order valence-corrected chi connectivity index (χ4v) is 2.83. The molecule has 0 aromatic heterocycles. The van der Waals surface area contributed by atoms with Crippen LogP contribution in [0.2, 0.25) is 5.02 Å². The van der Waals surface area contributed by atoms with E-state index in [9.17, 15) is 13.6 Å². The van der Waals surface area contributed by atoms with Gasteiger partial charge >= 0.3 is 0 Å². The Labute approximate surface area is 128 Å². The molecule has 2 N–H and O–H groups in total. The van der Waals surface area contributed by atoms with Crippen LogP contribution < -0.4 is 5.73 Å². The number of benzene rings is 1. The Hall–Kier alpha value is -1.36. The number of nitrogens with zero attached hydrogens (tertiary/aromatic N) is 1. The maximum absolute atomic E-state index is 13.1. The van der Waals surface area contributed by atoms with Crippen molar-refractivity contribution in [2.75, 3.05) is 12.8 Å². The zero-order chi connectivity index (χ0) is 15.6. The van der Waals surface area contributed by atoms with E-state index in [2.05, 4.69) is 0 Å². The van der Waals surface area contributed by atoms with E-state index in [0.29, 0.717) is 17.3 Å². The third-order valence-electron chi connectivity index (χ3n) is 3.92. The van der Waals surface area contributed by atoms with Crippen LogP contribution >= 0.6 is 11.6 Å². The van der Waals surface area contributed by atoms with Crippen molar-refractivity contribution in [3.05, 3.63) is 28.8 Å². The highest BCUT2D eigenvalue weighted by atomic mass is 35.5. The molecule has 2 rings (SSSR count). The van der Waals surface area contributed by atoms with Gasteiger partial charge in [-0.05, 0) is 36.6 Å². The lowest BCUT2D eigenvalue weighted by Gasteiger charge is -2.30. The van der Waals surface area contributed by atoms with E-state index in [1.165, 1.54) is 4.90 Å². The SMILES string of the molecule is CN(Cc1cc(N)ccc1Cl)C(=O)C1CCC(F)(F)CC1. The molecule has 0 spiro atoms. The van der Waals surface area contributed by atoms with Crippen LogP contribution in [0.3, 0.4) is 0 Å². The molecular weight excluding hydrogens is 298 g/mol. The number of amides is 1. The van der Waals surface area contributed by atoms with Crippen LogP contribution in [0, 0.1) is 5.92 Å². The summed E-state index contributed by atoms with van der Waals surface area (Å²) in [5.74, 6) is -3.05. The van der Waals surface area contributed by atoms with Crippen molar-refractivity contribution in [3.63, 3.8) is 0 Å². The van der Waals surface area contributed by atoms with Gasteiger partial charge in [0, 0.05) is 43.1 Å². The Kier molecular flexibility index (Phi) is 4.71. The van der Waals surface area contributed by atoms with E-state index >= 15 is 0 Å². The summed E-state index contributed by atoms with van der Waals surface area (Å²) in [7, 11) is 1.66. The maximum atomic E-state index is 13.1. The number of alkyl halides is 2. The highest BCUT2D eigenvalue weighted by Gasteiger charge is 2.38. The molecule has 0 saturated heterocycles. The smallest absolute Gasteiger partial charge is 0.248 e. The molecule has 0 aliphatic heterocycles. The minimum Gasteiger partial charge on any atom is -0.399 e. The van der Waals surface area contributed by atoms with Gasteiger partial charge in [0.15, 0.2) is 0 Å². The van der Waals surface area contributed by atoms with Crippen LogP contribution in [0.5, 0.6) is 0 Å². The summed E-state index contributed by atoms with van der Waals surface area (Å²) < 4.78 is 26.3. The molecule has 0 atom stereocenters. The summed E-state index contributed by atoms with van der Waals surface area (Å²) in [6.07, 6.45) is 0.0498. The number of halogens is 3. The third-order valence-corrected chi connectivity index (χ3v) is 4.29. The second-order valence-corrected chi connectivity index (χ2v) is 6.08. The highest BCUT2D eigenvalue weighted by Crippen LogP contribution is 2.37. The molecule has 3 nitrogen and oxygen atoms in total. The third kappa shape index (κ3) is 4.06. The molecular formula is C15H19ClF2N2O. The summed E-state index contributed by atoms with van der Waals surface area (Å²) in [5.41, 5.74) is 7.04. The first-order chi connectivity index (χ1) is 9.78. The highest BCUT2D eigenvalue weighted by molar-refractivity contribution is 6.31. The molecule has 116 valence electrons. The number of hydrogen-bond acceptors (Lipinski definition) is 2. The van der Waals surface area contributed by atoms with Crippen LogP contribution in [-0.4, -0.2) is 23.8 Å². The summed E-state index contributed by atoms with van der Waals surface area (Å²) in [6, 6.07) is 5.10. The van der Waals surface area contributed by atoms with Gasteiger partial charge in [-0.15, -0.1) is 0 Å². The van der Waals surface area contributed by atoms with Gasteiger partial charge in [-0.25, -0.2) is 8.78 Å². The van der Waals surface area contributed by atoms with Gasteiger partial charge in [-0.1, -0.05) is 11.6 Å². The minimum atomic E-state index is -2.62. The number of carbonyl (C=O) groups is 1. The Balaban J connectivity index is 1.98. The first-order valence-electron chi connectivity index (χ1n) is 6.95. The molecule has 1 fully saturated rings. The van der Waals surface area contributed by atoms with Gasteiger partial charge in [0.05, 0.1) is 0 Å². The molecule has 1 aromatic carbocycles. The van der Waals surface area contributed by atoms with Crippen LogP contribution in [0.4, 0.5) is 14.5 Å². The normalized spacial score (nSPS) is 18.5. The van der Waals surface area contributed by atoms with Gasteiger partial charge in [0.2, 0.25) is 11.8 Å². The molecule has 21 heavy (non-hydrogen) atoms. The summed E-state index contributed by atoms with van der Waals surface area (Å²) >= 11 is 6.08. The second kappa shape index (κ2) is 6.18. The monoisotopic (exact) mass is 316 g/mol. The predicted octanol–water partition coefficient (Wildman–Crippen LogP) is 3.71. The number of rotatable bonds is 3. The van der Waals surface area contributed by atoms with Crippen LogP contribution in [0.1, 0.15) is 31.2 Å². The average Bonchev–Trinajstić information content (AvgIpc) is 2.42. The van der Waals surface area contributed by atoms with Crippen LogP contribution in [0.15, 0.2) is 18.2 Å². The fraction of sp³-hybridized carbons (Fsp3) is 0.533. The first kappa shape index (κ1) is 16.0. The van der Waals surface area contributed by atoms with Gasteiger partial charge < -0.3 is 10.6 Å². The summed E-state index contributed by atoms with van der Waals surface area (Å²) in [6.45, 7) is 0.329. The van der Waals surface area contributed by atoms with Crippen LogP contribution in [-0.2, 0) is 11.3 Å². The molecule has 0 radical (unpaired) electrons. The van der Waals surface area contributed by atoms with Crippen LogP contribution in [0.25, 0.3) is 0 Å². The minimum absolute atomic E-state index is 0.107. The fourth-order valence-electron chi connectivity index (χ4n) is 2.65. The van der Waals surface area contributed by atoms with Gasteiger partial charge in [0.25, 0.3) is 0 Å². The van der Waals surface area contributed by atoms with E-state index < -0.39 is 5.92 Å². The number of nitrogens with two attached hydrogens (primary N) is 1. The molecule has 1 aliphatic carbocycles. The van der Waals surface area contributed by atoms with E-state index in [1.807, 2.05) is 0 Å². The van der Waals surface area contributed by atoms with Crippen molar-refractivity contribution in [3.8, 4) is 0 Å². The van der Waals surface area contributed by atoms with Gasteiger partial charge in [0.1, 0.15) is 0 Å². The second-order valence-electron chi connectivity index (χ2n) is 5.68. The maximum Gasteiger partial charge on any atom is 0.248 e. The quantitative estimate of drug-likeness (QED) is 0.864. The molecule has 6 heteroatoms. The summed E-state index contributed by atoms with van der Waals surface area (Å²) in [4.78, 5) is 13.9. The average molecular weight is 317 g/mol. The Morgan fingerprint density at radius 3 is 2.67 bits per heavy atom. The van der Waals surface area contributed by atoms with Crippen molar-refractivity contribution in [2.45, 2.75) is 38.2 Å². The molecule has 0 unspecified atom stereocenters. The lowest BCUT2D eigenvalue weighted by atomic mass is 9.86. The predicted molar refractivity (Wildman–Crippen MR) is 79.2 cm³/mol. The lowest BCUT2D eigenvalue weighted by molar-refractivity contribution is -0.138. The number of anilines is 1. The Morgan fingerprint density at radius 1 is 1.43 bits per heavy atom. The number of carbonyl (C=O) groups excluding carboxylic acids is 1. The van der Waals surface area contributed by atoms with Crippen molar-refractivity contribution in [1.29, 1.82) is 0 Å². The van der Waals surface area contributed by atoms with Crippen molar-refractivity contribution in [1.82, 2.24) is 4.90 Å². The molecule has 1 saturated carbocycles. The number of nitrogen functional groups attached to an aromatic ring is 1. The van der Waals surface area contributed by atoms with E-state index in [0.717, 1.165) is 5.56 Å².